The molecule has 0 atom stereocenters. The van der Waals surface area contributed by atoms with E-state index in [-0.39, 0.29) is 12.0 Å². The molecule has 1 aliphatic rings. The zero-order valence-electron chi connectivity index (χ0n) is 17.7. The summed E-state index contributed by atoms with van der Waals surface area (Å²) in [4.78, 5) is 32.9. The molecule has 0 unspecified atom stereocenters. The van der Waals surface area contributed by atoms with Crippen LogP contribution in [-0.4, -0.2) is 28.1 Å². The Morgan fingerprint density at radius 1 is 1.13 bits per heavy atom. The third-order valence-corrected chi connectivity index (χ3v) is 6.37. The van der Waals surface area contributed by atoms with Crippen LogP contribution in [0.2, 0.25) is 0 Å². The number of carbonyl (C=O) groups is 2. The van der Waals surface area contributed by atoms with Crippen LogP contribution in [0.25, 0.3) is 21.3 Å². The lowest BCUT2D eigenvalue weighted by Gasteiger charge is -2.22. The van der Waals surface area contributed by atoms with Crippen LogP contribution in [0.15, 0.2) is 30.5 Å². The molecule has 0 radical (unpaired) electrons. The SMILES string of the molecule is CCC(=O)Nc1nc2ccc(-c3cnc(C)c(NC(=O)OC4CCCCC4)c3)cc2s1. The predicted octanol–water partition coefficient (Wildman–Crippen LogP) is 5.90. The molecule has 1 saturated carbocycles. The first-order chi connectivity index (χ1) is 15.0. The fourth-order valence-electron chi connectivity index (χ4n) is 3.66. The topological polar surface area (TPSA) is 93.2 Å². The zero-order valence-corrected chi connectivity index (χ0v) is 18.6. The molecule has 1 aromatic carbocycles. The van der Waals surface area contributed by atoms with Gasteiger partial charge in [-0.25, -0.2) is 9.78 Å². The van der Waals surface area contributed by atoms with E-state index >= 15 is 0 Å². The molecule has 1 fully saturated rings. The molecule has 0 aliphatic heterocycles. The van der Waals surface area contributed by atoms with Gasteiger partial charge in [-0.1, -0.05) is 30.7 Å². The maximum Gasteiger partial charge on any atom is 0.411 e. The van der Waals surface area contributed by atoms with Crippen LogP contribution in [0.1, 0.15) is 51.1 Å². The van der Waals surface area contributed by atoms with Crippen molar-refractivity contribution in [3.8, 4) is 11.1 Å². The number of nitrogens with one attached hydrogen (secondary N) is 2. The number of rotatable bonds is 5. The van der Waals surface area contributed by atoms with E-state index in [9.17, 15) is 9.59 Å². The van der Waals surface area contributed by atoms with Crippen molar-refractivity contribution in [1.29, 1.82) is 0 Å². The second kappa shape index (κ2) is 9.43. The van der Waals surface area contributed by atoms with Gasteiger partial charge in [-0.05, 0) is 56.4 Å². The summed E-state index contributed by atoms with van der Waals surface area (Å²) < 4.78 is 6.55. The third-order valence-electron chi connectivity index (χ3n) is 5.44. The van der Waals surface area contributed by atoms with Crippen LogP contribution in [0, 0.1) is 6.92 Å². The maximum absolute atomic E-state index is 12.4. The van der Waals surface area contributed by atoms with Gasteiger partial charge in [-0.3, -0.25) is 15.1 Å². The minimum atomic E-state index is -0.428. The van der Waals surface area contributed by atoms with E-state index in [1.165, 1.54) is 17.8 Å². The number of thiazole rings is 1. The molecule has 2 N–H and O–H groups in total. The Morgan fingerprint density at radius 3 is 2.71 bits per heavy atom. The van der Waals surface area contributed by atoms with Gasteiger partial charge in [0.1, 0.15) is 6.10 Å². The minimum absolute atomic E-state index is 0.00123. The van der Waals surface area contributed by atoms with Crippen molar-refractivity contribution >= 4 is 44.4 Å². The smallest absolute Gasteiger partial charge is 0.411 e. The molecule has 2 amide bonds. The van der Waals surface area contributed by atoms with Crippen LogP contribution in [0.3, 0.4) is 0 Å². The third kappa shape index (κ3) is 5.19. The number of anilines is 2. The summed E-state index contributed by atoms with van der Waals surface area (Å²) >= 11 is 1.43. The second-order valence-corrected chi connectivity index (χ2v) is 8.78. The van der Waals surface area contributed by atoms with Crippen molar-refractivity contribution in [2.24, 2.45) is 0 Å². The first-order valence-electron chi connectivity index (χ1n) is 10.7. The van der Waals surface area contributed by atoms with E-state index in [1.54, 1.807) is 6.20 Å². The fraction of sp³-hybridized carbons (Fsp3) is 0.391. The lowest BCUT2D eigenvalue weighted by molar-refractivity contribution is -0.115. The molecular weight excluding hydrogens is 412 g/mol. The predicted molar refractivity (Wildman–Crippen MR) is 123 cm³/mol. The van der Waals surface area contributed by atoms with Crippen molar-refractivity contribution in [2.45, 2.75) is 58.5 Å². The van der Waals surface area contributed by atoms with Gasteiger partial charge < -0.3 is 10.1 Å². The number of aromatic nitrogens is 2. The summed E-state index contributed by atoms with van der Waals surface area (Å²) in [7, 11) is 0. The number of benzene rings is 1. The van der Waals surface area contributed by atoms with Gasteiger partial charge in [-0.2, -0.15) is 0 Å². The first kappa shape index (κ1) is 21.2. The number of carbonyl (C=O) groups excluding carboxylic acids is 2. The van der Waals surface area contributed by atoms with Crippen LogP contribution in [0.5, 0.6) is 0 Å². The summed E-state index contributed by atoms with van der Waals surface area (Å²) in [5.41, 5.74) is 4.04. The Morgan fingerprint density at radius 2 is 1.94 bits per heavy atom. The van der Waals surface area contributed by atoms with E-state index in [0.29, 0.717) is 17.2 Å². The van der Waals surface area contributed by atoms with Gasteiger partial charge in [0.15, 0.2) is 5.13 Å². The zero-order chi connectivity index (χ0) is 21.8. The van der Waals surface area contributed by atoms with Crippen LogP contribution >= 0.6 is 11.3 Å². The molecule has 8 heteroatoms. The largest absolute Gasteiger partial charge is 0.446 e. The first-order valence-corrected chi connectivity index (χ1v) is 11.5. The van der Waals surface area contributed by atoms with E-state index in [2.05, 4.69) is 20.6 Å². The van der Waals surface area contributed by atoms with Gasteiger partial charge in [-0.15, -0.1) is 0 Å². The Labute approximate surface area is 185 Å². The standard InChI is InChI=1S/C23H26N4O3S/c1-3-21(28)27-22-25-18-10-9-15(12-20(18)31-22)16-11-19(14(2)24-13-16)26-23(29)30-17-7-5-4-6-8-17/h9-13,17H,3-8H2,1-2H3,(H,26,29)(H,25,27,28). The quantitative estimate of drug-likeness (QED) is 0.517. The van der Waals surface area contributed by atoms with E-state index < -0.39 is 6.09 Å². The average Bonchev–Trinajstić information content (AvgIpc) is 3.17. The molecule has 2 aromatic heterocycles. The lowest BCUT2D eigenvalue weighted by Crippen LogP contribution is -2.24. The number of pyridine rings is 1. The van der Waals surface area contributed by atoms with Gasteiger partial charge in [0.05, 0.1) is 21.6 Å². The molecule has 31 heavy (non-hydrogen) atoms. The molecule has 0 bridgehead atoms. The van der Waals surface area contributed by atoms with Gasteiger partial charge in [0.2, 0.25) is 5.91 Å². The highest BCUT2D eigenvalue weighted by atomic mass is 32.1. The van der Waals surface area contributed by atoms with Crippen LogP contribution in [-0.2, 0) is 9.53 Å². The molecular formula is C23H26N4O3S. The number of amides is 2. The van der Waals surface area contributed by atoms with Gasteiger partial charge in [0, 0.05) is 18.2 Å². The number of hydrogen-bond acceptors (Lipinski definition) is 6. The van der Waals surface area contributed by atoms with Crippen molar-refractivity contribution in [1.82, 2.24) is 9.97 Å². The Kier molecular flexibility index (Phi) is 6.46. The summed E-state index contributed by atoms with van der Waals surface area (Å²) in [5.74, 6) is -0.0576. The Balaban J connectivity index is 1.52. The maximum atomic E-state index is 12.4. The van der Waals surface area contributed by atoms with Gasteiger partial charge >= 0.3 is 6.09 Å². The molecule has 0 spiro atoms. The molecule has 7 nitrogen and oxygen atoms in total. The highest BCUT2D eigenvalue weighted by molar-refractivity contribution is 7.22. The normalized spacial score (nSPS) is 14.4. The summed E-state index contributed by atoms with van der Waals surface area (Å²) in [6.45, 7) is 3.66. The molecule has 1 aliphatic carbocycles. The fourth-order valence-corrected chi connectivity index (χ4v) is 4.58. The molecule has 3 aromatic rings. The van der Waals surface area contributed by atoms with Crippen molar-refractivity contribution < 1.29 is 14.3 Å². The summed E-state index contributed by atoms with van der Waals surface area (Å²) in [5, 5.41) is 6.25. The number of nitrogens with zero attached hydrogens (tertiary/aromatic N) is 2. The molecule has 0 saturated heterocycles. The minimum Gasteiger partial charge on any atom is -0.446 e. The highest BCUT2D eigenvalue weighted by Crippen LogP contribution is 2.32. The summed E-state index contributed by atoms with van der Waals surface area (Å²) in [6, 6.07) is 7.81. The number of fused-ring (bicyclic) bond motifs is 1. The van der Waals surface area contributed by atoms with Crippen LogP contribution < -0.4 is 10.6 Å². The monoisotopic (exact) mass is 438 g/mol. The van der Waals surface area contributed by atoms with Crippen LogP contribution in [0.4, 0.5) is 15.6 Å². The van der Waals surface area contributed by atoms with Crippen molar-refractivity contribution in [2.75, 3.05) is 10.6 Å². The van der Waals surface area contributed by atoms with E-state index in [0.717, 1.165) is 52.7 Å². The Hall–Kier alpha value is -3.00. The molecule has 162 valence electrons. The number of hydrogen-bond donors (Lipinski definition) is 2. The van der Waals surface area contributed by atoms with Gasteiger partial charge in [0.25, 0.3) is 0 Å². The number of aryl methyl sites for hydroxylation is 1. The average molecular weight is 439 g/mol. The van der Waals surface area contributed by atoms with E-state index in [1.807, 2.05) is 38.1 Å². The number of ether oxygens (including phenoxy) is 1. The Bertz CT molecular complexity index is 1110. The molecule has 4 rings (SSSR count). The summed E-state index contributed by atoms with van der Waals surface area (Å²) in [6.07, 6.45) is 7.06. The highest BCUT2D eigenvalue weighted by Gasteiger charge is 2.18. The van der Waals surface area contributed by atoms with E-state index in [4.69, 9.17) is 4.74 Å². The molecule has 2 heterocycles. The second-order valence-electron chi connectivity index (χ2n) is 7.75. The van der Waals surface area contributed by atoms with Crippen molar-refractivity contribution in [3.05, 3.63) is 36.2 Å². The lowest BCUT2D eigenvalue weighted by atomic mass is 9.98. The van der Waals surface area contributed by atoms with Crippen molar-refractivity contribution in [3.63, 3.8) is 0 Å².